The highest BCUT2D eigenvalue weighted by Crippen LogP contribution is 2.48. The van der Waals surface area contributed by atoms with E-state index in [1.165, 1.54) is 6.33 Å². The van der Waals surface area contributed by atoms with Crippen LogP contribution in [-0.2, 0) is 26.0 Å². The molecule has 3 heterocycles. The van der Waals surface area contributed by atoms with Gasteiger partial charge in [-0.15, -0.1) is 0 Å². The Morgan fingerprint density at radius 1 is 0.825 bits per heavy atom. The zero-order valence-corrected chi connectivity index (χ0v) is 34.1. The Kier molecular flexibility index (Phi) is 11.7. The number of nitrogens with zero attached hydrogens (tertiary/aromatic N) is 4. The van der Waals surface area contributed by atoms with Crippen LogP contribution in [0.15, 0.2) is 122 Å². The number of aromatic nitrogens is 4. The van der Waals surface area contributed by atoms with Gasteiger partial charge in [0.25, 0.3) is 5.91 Å². The Morgan fingerprint density at radius 2 is 1.39 bits per heavy atom. The van der Waals surface area contributed by atoms with Gasteiger partial charge in [0, 0.05) is 11.0 Å². The number of aliphatic hydroxyl groups is 1. The molecule has 1 aliphatic heterocycles. The molecule has 2 N–H and O–H groups in total. The Hall–Kier alpha value is -5.27. The third-order valence-electron chi connectivity index (χ3n) is 10.7. The molecule has 0 bridgehead atoms. The molecule has 1 unspecified atom stereocenters. The number of nitrogens with one attached hydrogen (secondary N) is 1. The Bertz CT molecular complexity index is 2210. The lowest BCUT2D eigenvalue weighted by atomic mass is 9.79. The molecule has 12 heteroatoms. The largest absolute Gasteiger partial charge is 0.497 e. The Balaban J connectivity index is 1.30. The summed E-state index contributed by atoms with van der Waals surface area (Å²) in [5, 5.41) is 15.5. The molecule has 1 amide bonds. The van der Waals surface area contributed by atoms with Gasteiger partial charge in [-0.3, -0.25) is 9.36 Å². The fourth-order valence-corrected chi connectivity index (χ4v) is 10.6. The van der Waals surface area contributed by atoms with Crippen LogP contribution in [0.4, 0.5) is 5.82 Å². The molecule has 7 rings (SSSR count). The van der Waals surface area contributed by atoms with Gasteiger partial charge >= 0.3 is 0 Å². The highest BCUT2D eigenvalue weighted by molar-refractivity contribution is 7.96. The molecule has 1 saturated heterocycles. The first kappa shape index (κ1) is 39.9. The van der Waals surface area contributed by atoms with Crippen LogP contribution in [0.3, 0.4) is 0 Å². The summed E-state index contributed by atoms with van der Waals surface area (Å²) in [6, 6.07) is 34.7. The smallest absolute Gasteiger partial charge is 0.256 e. The number of anilines is 1. The van der Waals surface area contributed by atoms with Crippen LogP contribution >= 0.6 is 0 Å². The molecular formula is C45H50N5O6S+. The van der Waals surface area contributed by atoms with Gasteiger partial charge in [-0.05, 0) is 64.0 Å². The van der Waals surface area contributed by atoms with Crippen molar-refractivity contribution < 1.29 is 28.8 Å². The van der Waals surface area contributed by atoms with Gasteiger partial charge in [-0.2, -0.15) is 0 Å². The number of fused-ring (bicyclic) bond motifs is 1. The average Bonchev–Trinajstić information content (AvgIpc) is 3.79. The zero-order chi connectivity index (χ0) is 40.3. The molecule has 1 aliphatic rings. The molecule has 0 radical (unpaired) electrons. The predicted molar refractivity (Wildman–Crippen MR) is 224 cm³/mol. The number of carbonyl (C=O) groups excluding carboxylic acids is 1. The molecule has 1 fully saturated rings. The van der Waals surface area contributed by atoms with Crippen LogP contribution in [-0.4, -0.2) is 81.3 Å². The van der Waals surface area contributed by atoms with Crippen molar-refractivity contribution in [2.75, 3.05) is 38.7 Å². The van der Waals surface area contributed by atoms with E-state index in [0.29, 0.717) is 16.7 Å². The van der Waals surface area contributed by atoms with Gasteiger partial charge in [0.05, 0.1) is 51.7 Å². The number of hydrogen-bond donors (Lipinski definition) is 2. The SMILES string of the molecule is COc1ccc(C(OC[C@H]2O[C@@H](n3cnc4c(NC(=O)c5ccccc5)ncnc43)[C@H](C([S+](C)C)C(C)(C)C)[C@@H]2O)(c2ccccc2)c2ccc(OC)cc2)cc1. The highest BCUT2D eigenvalue weighted by Gasteiger charge is 2.56. The van der Waals surface area contributed by atoms with Crippen molar-refractivity contribution in [2.24, 2.45) is 11.3 Å². The van der Waals surface area contributed by atoms with Crippen molar-refractivity contribution in [3.05, 3.63) is 144 Å². The predicted octanol–water partition coefficient (Wildman–Crippen LogP) is 7.27. The number of methoxy groups -OCH3 is 2. The van der Waals surface area contributed by atoms with E-state index in [9.17, 15) is 9.90 Å². The third-order valence-corrected chi connectivity index (χ3v) is 12.7. The number of rotatable bonds is 13. The minimum Gasteiger partial charge on any atom is -0.497 e. The summed E-state index contributed by atoms with van der Waals surface area (Å²) in [6.07, 6.45) is 5.16. The summed E-state index contributed by atoms with van der Waals surface area (Å²) in [6.45, 7) is 6.66. The fraction of sp³-hybridized carbons (Fsp3) is 0.333. The van der Waals surface area contributed by atoms with Gasteiger partial charge < -0.3 is 29.4 Å². The molecule has 11 nitrogen and oxygen atoms in total. The third kappa shape index (κ3) is 7.87. The van der Waals surface area contributed by atoms with Crippen LogP contribution in [0.1, 0.15) is 54.0 Å². The van der Waals surface area contributed by atoms with Gasteiger partial charge in [-0.1, -0.05) is 93.6 Å². The second-order valence-corrected chi connectivity index (χ2v) is 17.7. The molecule has 6 aromatic rings. The van der Waals surface area contributed by atoms with E-state index in [4.69, 9.17) is 23.9 Å². The molecule has 296 valence electrons. The summed E-state index contributed by atoms with van der Waals surface area (Å²) in [5.41, 5.74) is 2.73. The molecule has 57 heavy (non-hydrogen) atoms. The van der Waals surface area contributed by atoms with Crippen molar-refractivity contribution in [3.63, 3.8) is 0 Å². The molecule has 5 atom stereocenters. The monoisotopic (exact) mass is 788 g/mol. The van der Waals surface area contributed by atoms with Crippen LogP contribution in [0.25, 0.3) is 11.2 Å². The highest BCUT2D eigenvalue weighted by atomic mass is 32.2. The fourth-order valence-electron chi connectivity index (χ4n) is 8.26. The first-order chi connectivity index (χ1) is 27.5. The maximum atomic E-state index is 13.2. The number of amides is 1. The van der Waals surface area contributed by atoms with Gasteiger partial charge in [0.1, 0.15) is 41.0 Å². The molecule has 0 aliphatic carbocycles. The van der Waals surface area contributed by atoms with Crippen molar-refractivity contribution in [2.45, 2.75) is 50.1 Å². The number of hydrogen-bond acceptors (Lipinski definition) is 9. The lowest BCUT2D eigenvalue weighted by molar-refractivity contribution is -0.0935. The average molecular weight is 789 g/mol. The van der Waals surface area contributed by atoms with Crippen LogP contribution in [0.5, 0.6) is 11.5 Å². The van der Waals surface area contributed by atoms with E-state index in [1.54, 1.807) is 44.8 Å². The molecule has 0 spiro atoms. The zero-order valence-electron chi connectivity index (χ0n) is 33.3. The number of imidazole rings is 1. The standard InChI is InChI=1S/C45H49N5O6S/c1-44(2,3)39(57(6)7)36-38(51)35(56-43(36)50-28-48-37-40(46-27-47-41(37)50)49-42(52)29-14-10-8-11-15-29)26-55-45(30-16-12-9-13-17-30,31-18-22-33(53-4)23-19-31)32-20-24-34(54-5)25-21-32/h8-25,27-28,35-36,38-39,43,51H,26H2,1-7H3/p+1/t35-,36+,38-,39?,43-/m1/s1. The number of carbonyl (C=O) groups is 1. The quantitative estimate of drug-likeness (QED) is 0.0917. The van der Waals surface area contributed by atoms with Crippen molar-refractivity contribution in [1.82, 2.24) is 19.5 Å². The van der Waals surface area contributed by atoms with E-state index in [-0.39, 0.29) is 45.8 Å². The second-order valence-electron chi connectivity index (χ2n) is 15.5. The van der Waals surface area contributed by atoms with E-state index in [0.717, 1.165) is 28.2 Å². The number of benzene rings is 4. The van der Waals surface area contributed by atoms with Crippen LogP contribution < -0.4 is 14.8 Å². The first-order valence-electron chi connectivity index (χ1n) is 18.9. The second kappa shape index (κ2) is 16.7. The van der Waals surface area contributed by atoms with E-state index < -0.39 is 24.0 Å². The number of ether oxygens (including phenoxy) is 4. The number of aliphatic hydroxyl groups excluding tert-OH is 1. The van der Waals surface area contributed by atoms with E-state index in [2.05, 4.69) is 48.6 Å². The molecular weight excluding hydrogens is 739 g/mol. The van der Waals surface area contributed by atoms with E-state index in [1.807, 2.05) is 89.5 Å². The van der Waals surface area contributed by atoms with Gasteiger partial charge in [-0.25, -0.2) is 15.0 Å². The minimum atomic E-state index is -1.11. The normalized spacial score (nSPS) is 19.1. The summed E-state index contributed by atoms with van der Waals surface area (Å²) in [7, 11) is 3.14. The minimum absolute atomic E-state index is 0.0288. The Labute approximate surface area is 336 Å². The lowest BCUT2D eigenvalue weighted by Crippen LogP contribution is -2.47. The Morgan fingerprint density at radius 3 is 1.93 bits per heavy atom. The van der Waals surface area contributed by atoms with Crippen LogP contribution in [0.2, 0.25) is 0 Å². The summed E-state index contributed by atoms with van der Waals surface area (Å²) in [4.78, 5) is 26.9. The maximum Gasteiger partial charge on any atom is 0.256 e. The summed E-state index contributed by atoms with van der Waals surface area (Å²) in [5.74, 6) is 1.04. The lowest BCUT2D eigenvalue weighted by Gasteiger charge is -2.37. The van der Waals surface area contributed by atoms with Gasteiger partial charge in [0.15, 0.2) is 17.0 Å². The van der Waals surface area contributed by atoms with Crippen LogP contribution in [0, 0.1) is 11.3 Å². The van der Waals surface area contributed by atoms with Crippen molar-refractivity contribution >= 4 is 33.8 Å². The van der Waals surface area contributed by atoms with Crippen molar-refractivity contribution in [3.8, 4) is 11.5 Å². The van der Waals surface area contributed by atoms with E-state index >= 15 is 0 Å². The maximum absolute atomic E-state index is 13.2. The topological polar surface area (TPSA) is 130 Å². The van der Waals surface area contributed by atoms with Crippen molar-refractivity contribution in [1.29, 1.82) is 0 Å². The van der Waals surface area contributed by atoms with Gasteiger partial charge in [0.2, 0.25) is 0 Å². The summed E-state index contributed by atoms with van der Waals surface area (Å²) >= 11 is 0. The summed E-state index contributed by atoms with van der Waals surface area (Å²) < 4.78 is 27.2. The molecule has 0 saturated carbocycles. The molecule has 2 aromatic heterocycles. The molecule has 4 aromatic carbocycles. The first-order valence-corrected chi connectivity index (χ1v) is 21.0.